The summed E-state index contributed by atoms with van der Waals surface area (Å²) in [6.07, 6.45) is 0.302. The molecule has 2 aliphatic heterocycles. The van der Waals surface area contributed by atoms with E-state index in [0.717, 1.165) is 30.6 Å². The fourth-order valence-electron chi connectivity index (χ4n) is 3.98. The molecule has 1 amide bonds. The number of amides is 1. The molecule has 148 valence electrons. The van der Waals surface area contributed by atoms with Crippen LogP contribution in [-0.4, -0.2) is 61.9 Å². The molecular weight excluding hydrogens is 359 g/mol. The third-order valence-corrected chi connectivity index (χ3v) is 5.44. The molecule has 1 saturated heterocycles. The van der Waals surface area contributed by atoms with Crippen LogP contribution in [0.2, 0.25) is 0 Å². The number of carbonyl (C=O) groups excluding carboxylic acids is 1. The molecule has 6 heteroatoms. The summed E-state index contributed by atoms with van der Waals surface area (Å²) in [4.78, 5) is 16.8. The van der Waals surface area contributed by atoms with Gasteiger partial charge in [-0.05, 0) is 42.3 Å². The summed E-state index contributed by atoms with van der Waals surface area (Å²) >= 11 is 0. The average molecular weight is 384 g/mol. The van der Waals surface area contributed by atoms with Crippen LogP contribution >= 0.6 is 0 Å². The maximum absolute atomic E-state index is 13.4. The van der Waals surface area contributed by atoms with E-state index in [1.54, 1.807) is 17.0 Å². The van der Waals surface area contributed by atoms with Gasteiger partial charge in [0.15, 0.2) is 0 Å². The summed E-state index contributed by atoms with van der Waals surface area (Å²) in [6, 6.07) is 14.1. The van der Waals surface area contributed by atoms with E-state index in [-0.39, 0.29) is 30.7 Å². The first kappa shape index (κ1) is 18.9. The van der Waals surface area contributed by atoms with Crippen molar-refractivity contribution >= 4 is 6.09 Å². The number of rotatable bonds is 3. The SMILES string of the molecule is CN1CCO[C@H](COC(=O)N2CCc3ccccc3[C@H]2c2ccc(F)cc2)C1. The van der Waals surface area contributed by atoms with Gasteiger partial charge >= 0.3 is 6.09 Å². The Bertz CT molecular complexity index is 827. The zero-order valence-electron chi connectivity index (χ0n) is 16.0. The lowest BCUT2D eigenvalue weighted by Crippen LogP contribution is -2.45. The fourth-order valence-corrected chi connectivity index (χ4v) is 3.98. The van der Waals surface area contributed by atoms with Crippen LogP contribution < -0.4 is 0 Å². The highest BCUT2D eigenvalue weighted by Crippen LogP contribution is 2.35. The first-order valence-corrected chi connectivity index (χ1v) is 9.68. The molecule has 0 aliphatic carbocycles. The van der Waals surface area contributed by atoms with Crippen LogP contribution in [-0.2, 0) is 15.9 Å². The molecule has 5 nitrogen and oxygen atoms in total. The Hall–Kier alpha value is -2.44. The molecule has 2 atom stereocenters. The van der Waals surface area contributed by atoms with Crippen molar-refractivity contribution in [2.24, 2.45) is 0 Å². The van der Waals surface area contributed by atoms with Crippen LogP contribution in [0.5, 0.6) is 0 Å². The third kappa shape index (κ3) is 4.03. The van der Waals surface area contributed by atoms with Crippen LogP contribution in [0.1, 0.15) is 22.7 Å². The van der Waals surface area contributed by atoms with Crippen molar-refractivity contribution in [1.29, 1.82) is 0 Å². The van der Waals surface area contributed by atoms with Crippen molar-refractivity contribution in [3.05, 3.63) is 71.0 Å². The molecule has 2 aliphatic rings. The molecule has 0 spiro atoms. The van der Waals surface area contributed by atoms with Crippen molar-refractivity contribution < 1.29 is 18.7 Å². The minimum Gasteiger partial charge on any atom is -0.447 e. The largest absolute Gasteiger partial charge is 0.447 e. The number of carbonyl (C=O) groups is 1. The van der Waals surface area contributed by atoms with Crippen molar-refractivity contribution in [2.45, 2.75) is 18.6 Å². The number of nitrogens with zero attached hydrogens (tertiary/aromatic N) is 2. The summed E-state index contributed by atoms with van der Waals surface area (Å²) in [5, 5.41) is 0. The van der Waals surface area contributed by atoms with Gasteiger partial charge in [0.1, 0.15) is 18.5 Å². The number of hydrogen-bond donors (Lipinski definition) is 0. The van der Waals surface area contributed by atoms with Gasteiger partial charge < -0.3 is 14.4 Å². The number of fused-ring (bicyclic) bond motifs is 1. The number of ether oxygens (including phenoxy) is 2. The summed E-state index contributed by atoms with van der Waals surface area (Å²) in [7, 11) is 2.03. The van der Waals surface area contributed by atoms with Crippen molar-refractivity contribution in [2.75, 3.05) is 39.9 Å². The zero-order chi connectivity index (χ0) is 19.5. The summed E-state index contributed by atoms with van der Waals surface area (Å²) in [5.74, 6) is -0.291. The predicted octanol–water partition coefficient (Wildman–Crippen LogP) is 3.24. The number of halogens is 1. The van der Waals surface area contributed by atoms with Crippen LogP contribution in [0.4, 0.5) is 9.18 Å². The van der Waals surface area contributed by atoms with E-state index in [1.807, 2.05) is 25.2 Å². The van der Waals surface area contributed by atoms with E-state index in [9.17, 15) is 9.18 Å². The second-order valence-electron chi connectivity index (χ2n) is 7.43. The highest BCUT2D eigenvalue weighted by atomic mass is 19.1. The topological polar surface area (TPSA) is 42.0 Å². The molecule has 1 fully saturated rings. The highest BCUT2D eigenvalue weighted by Gasteiger charge is 2.33. The van der Waals surface area contributed by atoms with E-state index in [0.29, 0.717) is 13.2 Å². The molecule has 0 aromatic heterocycles. The van der Waals surface area contributed by atoms with E-state index >= 15 is 0 Å². The van der Waals surface area contributed by atoms with E-state index in [4.69, 9.17) is 9.47 Å². The third-order valence-electron chi connectivity index (χ3n) is 5.44. The molecule has 0 unspecified atom stereocenters. The smallest absolute Gasteiger partial charge is 0.410 e. The highest BCUT2D eigenvalue weighted by molar-refractivity contribution is 5.70. The standard InChI is InChI=1S/C22H25FN2O3/c1-24-12-13-27-19(14-24)15-28-22(26)25-11-10-16-4-2-3-5-20(16)21(25)17-6-8-18(23)9-7-17/h2-9,19,21H,10-15H2,1H3/t19-,21+/m0/s1. The van der Waals surface area contributed by atoms with Gasteiger partial charge in [-0.3, -0.25) is 4.90 Å². The lowest BCUT2D eigenvalue weighted by atomic mass is 9.88. The Morgan fingerprint density at radius 2 is 1.96 bits per heavy atom. The van der Waals surface area contributed by atoms with Crippen molar-refractivity contribution in [1.82, 2.24) is 9.80 Å². The monoisotopic (exact) mass is 384 g/mol. The van der Waals surface area contributed by atoms with E-state index in [1.165, 1.54) is 17.7 Å². The summed E-state index contributed by atoms with van der Waals surface area (Å²) in [5.41, 5.74) is 3.14. The molecule has 0 radical (unpaired) electrons. The molecule has 28 heavy (non-hydrogen) atoms. The normalized spacial score (nSPS) is 22.6. The second-order valence-corrected chi connectivity index (χ2v) is 7.43. The Balaban J connectivity index is 1.54. The summed E-state index contributed by atoms with van der Waals surface area (Å²) < 4.78 is 24.7. The Kier molecular flexibility index (Phi) is 5.59. The molecule has 0 saturated carbocycles. The predicted molar refractivity (Wildman–Crippen MR) is 104 cm³/mol. The number of hydrogen-bond acceptors (Lipinski definition) is 4. The Labute approximate surface area is 164 Å². The van der Waals surface area contributed by atoms with E-state index < -0.39 is 0 Å². The first-order chi connectivity index (χ1) is 13.6. The minimum absolute atomic E-state index is 0.107. The quantitative estimate of drug-likeness (QED) is 0.815. The Morgan fingerprint density at radius 1 is 1.18 bits per heavy atom. The van der Waals surface area contributed by atoms with Gasteiger partial charge in [0, 0.05) is 19.6 Å². The molecule has 2 heterocycles. The van der Waals surface area contributed by atoms with Crippen LogP contribution in [0.15, 0.2) is 48.5 Å². The van der Waals surface area contributed by atoms with E-state index in [2.05, 4.69) is 11.0 Å². The maximum Gasteiger partial charge on any atom is 0.410 e. The molecule has 2 aromatic rings. The minimum atomic E-state index is -0.361. The second kappa shape index (κ2) is 8.29. The molecule has 4 rings (SSSR count). The first-order valence-electron chi connectivity index (χ1n) is 9.68. The van der Waals surface area contributed by atoms with Gasteiger partial charge in [-0.25, -0.2) is 9.18 Å². The summed E-state index contributed by atoms with van der Waals surface area (Å²) in [6.45, 7) is 3.08. The number of likely N-dealkylation sites (N-methyl/N-ethyl adjacent to an activating group) is 1. The molecular formula is C22H25FN2O3. The van der Waals surface area contributed by atoms with Crippen LogP contribution in [0, 0.1) is 5.82 Å². The number of morpholine rings is 1. The average Bonchev–Trinajstić information content (AvgIpc) is 2.72. The van der Waals surface area contributed by atoms with Gasteiger partial charge in [0.25, 0.3) is 0 Å². The van der Waals surface area contributed by atoms with Gasteiger partial charge in [0.05, 0.1) is 12.6 Å². The molecule has 0 bridgehead atoms. The lowest BCUT2D eigenvalue weighted by molar-refractivity contribution is -0.0532. The van der Waals surface area contributed by atoms with Crippen molar-refractivity contribution in [3.8, 4) is 0 Å². The van der Waals surface area contributed by atoms with Gasteiger partial charge in [-0.1, -0.05) is 36.4 Å². The lowest BCUT2D eigenvalue weighted by Gasteiger charge is -2.37. The molecule has 2 aromatic carbocycles. The van der Waals surface area contributed by atoms with Gasteiger partial charge in [-0.2, -0.15) is 0 Å². The van der Waals surface area contributed by atoms with Crippen LogP contribution in [0.25, 0.3) is 0 Å². The van der Waals surface area contributed by atoms with Crippen molar-refractivity contribution in [3.63, 3.8) is 0 Å². The van der Waals surface area contributed by atoms with Gasteiger partial charge in [-0.15, -0.1) is 0 Å². The zero-order valence-corrected chi connectivity index (χ0v) is 16.0. The van der Waals surface area contributed by atoms with Crippen LogP contribution in [0.3, 0.4) is 0 Å². The Morgan fingerprint density at radius 3 is 2.75 bits per heavy atom. The molecule has 0 N–H and O–H groups in total. The number of benzene rings is 2. The maximum atomic E-state index is 13.4. The van der Waals surface area contributed by atoms with Gasteiger partial charge in [0.2, 0.25) is 0 Å². The fraction of sp³-hybridized carbons (Fsp3) is 0.409.